The van der Waals surface area contributed by atoms with Gasteiger partial charge in [0.1, 0.15) is 18.5 Å². The maximum absolute atomic E-state index is 12.0. The van der Waals surface area contributed by atoms with Crippen LogP contribution in [-0.4, -0.2) is 66.2 Å². The lowest BCUT2D eigenvalue weighted by Gasteiger charge is -2.36. The van der Waals surface area contributed by atoms with Crippen LogP contribution in [0.5, 0.6) is 5.75 Å². The lowest BCUT2D eigenvalue weighted by atomic mass is 9.86. The summed E-state index contributed by atoms with van der Waals surface area (Å²) in [5, 5.41) is 10.4. The molecule has 0 bridgehead atoms. The summed E-state index contributed by atoms with van der Waals surface area (Å²) in [5.41, 5.74) is 2.49. The van der Waals surface area contributed by atoms with E-state index in [2.05, 4.69) is 37.8 Å². The first-order valence-corrected chi connectivity index (χ1v) is 10.0. The van der Waals surface area contributed by atoms with Gasteiger partial charge < -0.3 is 14.7 Å². The Morgan fingerprint density at radius 2 is 1.81 bits per heavy atom. The van der Waals surface area contributed by atoms with Crippen LogP contribution < -0.4 is 4.74 Å². The average molecular weight is 377 g/mol. The molecule has 1 heterocycles. The zero-order chi connectivity index (χ0) is 20.2. The number of aliphatic hydroxyl groups excluding tert-OH is 1. The van der Waals surface area contributed by atoms with Gasteiger partial charge in [-0.3, -0.25) is 9.69 Å². The zero-order valence-corrected chi connectivity index (χ0v) is 17.8. The molecule has 0 aliphatic carbocycles. The molecule has 1 N–H and O–H groups in total. The summed E-state index contributed by atoms with van der Waals surface area (Å²) in [6.07, 6.45) is -0.543. The lowest BCUT2D eigenvalue weighted by molar-refractivity contribution is -0.136. The topological polar surface area (TPSA) is 53.0 Å². The molecule has 5 nitrogen and oxygen atoms in total. The molecule has 1 aromatic rings. The summed E-state index contributed by atoms with van der Waals surface area (Å²) in [7, 11) is 0. The molecule has 152 valence electrons. The summed E-state index contributed by atoms with van der Waals surface area (Å²) < 4.78 is 5.86. The number of benzene rings is 1. The van der Waals surface area contributed by atoms with Gasteiger partial charge in [-0.15, -0.1) is 0 Å². The second-order valence-electron chi connectivity index (χ2n) is 8.98. The van der Waals surface area contributed by atoms with E-state index in [1.807, 2.05) is 31.7 Å². The van der Waals surface area contributed by atoms with Crippen LogP contribution in [0.15, 0.2) is 18.2 Å². The minimum atomic E-state index is -0.543. The quantitative estimate of drug-likeness (QED) is 0.829. The number of carbonyl (C=O) groups excluding carboxylic acids is 1. The van der Waals surface area contributed by atoms with Gasteiger partial charge >= 0.3 is 0 Å². The fraction of sp³-hybridized carbons (Fsp3) is 0.682. The van der Waals surface area contributed by atoms with Crippen LogP contribution in [0.4, 0.5) is 0 Å². The third-order valence-electron chi connectivity index (χ3n) is 5.12. The van der Waals surface area contributed by atoms with E-state index in [1.54, 1.807) is 0 Å². The minimum Gasteiger partial charge on any atom is -0.491 e. The van der Waals surface area contributed by atoms with Crippen LogP contribution in [0.25, 0.3) is 0 Å². The van der Waals surface area contributed by atoms with Crippen molar-refractivity contribution in [2.45, 2.75) is 53.1 Å². The number of piperazine rings is 1. The average Bonchev–Trinajstić information content (AvgIpc) is 2.59. The van der Waals surface area contributed by atoms with Crippen LogP contribution in [-0.2, 0) is 10.2 Å². The largest absolute Gasteiger partial charge is 0.491 e. The number of rotatable bonds is 6. The van der Waals surface area contributed by atoms with Crippen molar-refractivity contribution in [1.29, 1.82) is 0 Å². The van der Waals surface area contributed by atoms with Gasteiger partial charge in [0.15, 0.2) is 0 Å². The van der Waals surface area contributed by atoms with Gasteiger partial charge in [-0.25, -0.2) is 0 Å². The molecule has 0 radical (unpaired) electrons. The Balaban J connectivity index is 1.79. The molecule has 0 aromatic heterocycles. The monoisotopic (exact) mass is 376 g/mol. The summed E-state index contributed by atoms with van der Waals surface area (Å²) in [6, 6.07) is 6.26. The van der Waals surface area contributed by atoms with Gasteiger partial charge in [0.25, 0.3) is 0 Å². The van der Waals surface area contributed by atoms with Crippen molar-refractivity contribution in [1.82, 2.24) is 9.80 Å². The number of carbonyl (C=O) groups is 1. The Morgan fingerprint density at radius 1 is 1.19 bits per heavy atom. The Labute approximate surface area is 164 Å². The summed E-state index contributed by atoms with van der Waals surface area (Å²) in [4.78, 5) is 16.2. The Bertz CT molecular complexity index is 629. The highest BCUT2D eigenvalue weighted by Gasteiger charge is 2.24. The molecule has 1 atom stereocenters. The van der Waals surface area contributed by atoms with E-state index in [0.717, 1.165) is 37.5 Å². The van der Waals surface area contributed by atoms with Crippen molar-refractivity contribution < 1.29 is 14.6 Å². The molecule has 1 fully saturated rings. The third-order valence-corrected chi connectivity index (χ3v) is 5.12. The van der Waals surface area contributed by atoms with Gasteiger partial charge in [0.05, 0.1) is 0 Å². The molecule has 1 aliphatic rings. The van der Waals surface area contributed by atoms with Crippen molar-refractivity contribution >= 4 is 5.91 Å². The highest BCUT2D eigenvalue weighted by molar-refractivity contribution is 5.78. The lowest BCUT2D eigenvalue weighted by Crippen LogP contribution is -2.51. The molecule has 27 heavy (non-hydrogen) atoms. The predicted octanol–water partition coefficient (Wildman–Crippen LogP) is 2.83. The van der Waals surface area contributed by atoms with E-state index >= 15 is 0 Å². The van der Waals surface area contributed by atoms with E-state index in [1.165, 1.54) is 5.56 Å². The number of β-amino-alcohol motifs (C(OH)–C–C–N with tert-alkyl or cyclic N) is 1. The normalized spacial score (nSPS) is 17.3. The second kappa shape index (κ2) is 9.07. The van der Waals surface area contributed by atoms with Crippen molar-refractivity contribution in [3.8, 4) is 5.75 Å². The smallest absolute Gasteiger partial charge is 0.225 e. The summed E-state index contributed by atoms with van der Waals surface area (Å²) >= 11 is 0. The Morgan fingerprint density at radius 3 is 2.33 bits per heavy atom. The molecule has 0 unspecified atom stereocenters. The number of hydrogen-bond donors (Lipinski definition) is 1. The molecule has 1 amide bonds. The first-order chi connectivity index (χ1) is 12.6. The number of ether oxygens (including phenoxy) is 1. The number of hydrogen-bond acceptors (Lipinski definition) is 4. The molecule has 1 saturated heterocycles. The molecular weight excluding hydrogens is 340 g/mol. The van der Waals surface area contributed by atoms with Crippen LogP contribution in [0, 0.1) is 12.8 Å². The number of nitrogens with zero attached hydrogens (tertiary/aromatic N) is 2. The molecule has 1 aromatic carbocycles. The van der Waals surface area contributed by atoms with Crippen LogP contribution in [0.2, 0.25) is 0 Å². The third kappa shape index (κ3) is 6.22. The number of aryl methyl sites for hydroxylation is 1. The molecule has 1 aliphatic heterocycles. The Kier molecular flexibility index (Phi) is 7.29. The van der Waals surface area contributed by atoms with E-state index in [9.17, 15) is 9.90 Å². The summed E-state index contributed by atoms with van der Waals surface area (Å²) in [5.74, 6) is 1.09. The predicted molar refractivity (Wildman–Crippen MR) is 109 cm³/mol. The standard InChI is InChI=1S/C22H36N2O3/c1-16(2)21(26)24-11-9-23(10-12-24)14-19(25)15-27-20-8-7-18(13-17(20)3)22(4,5)6/h7-8,13,16,19,25H,9-12,14-15H2,1-6H3/t19-/m1/s1. The molecule has 0 spiro atoms. The molecule has 5 heteroatoms. The van der Waals surface area contributed by atoms with E-state index in [0.29, 0.717) is 6.54 Å². The van der Waals surface area contributed by atoms with Crippen LogP contribution in [0.3, 0.4) is 0 Å². The van der Waals surface area contributed by atoms with Crippen LogP contribution in [0.1, 0.15) is 45.7 Å². The van der Waals surface area contributed by atoms with Gasteiger partial charge in [-0.05, 0) is 29.5 Å². The highest BCUT2D eigenvalue weighted by Crippen LogP contribution is 2.27. The number of amides is 1. The maximum Gasteiger partial charge on any atom is 0.225 e. The zero-order valence-electron chi connectivity index (χ0n) is 17.8. The minimum absolute atomic E-state index is 0.0449. The van der Waals surface area contributed by atoms with Gasteiger partial charge in [-0.2, -0.15) is 0 Å². The van der Waals surface area contributed by atoms with Crippen molar-refractivity contribution in [2.75, 3.05) is 39.3 Å². The molecule has 2 rings (SSSR count). The van der Waals surface area contributed by atoms with Crippen LogP contribution >= 0.6 is 0 Å². The van der Waals surface area contributed by atoms with Crippen molar-refractivity contribution in [3.63, 3.8) is 0 Å². The SMILES string of the molecule is Cc1cc(C(C)(C)C)ccc1OC[C@H](O)CN1CCN(C(=O)C(C)C)CC1. The van der Waals surface area contributed by atoms with Crippen molar-refractivity contribution in [2.24, 2.45) is 5.92 Å². The molecular formula is C22H36N2O3. The van der Waals surface area contributed by atoms with Gasteiger partial charge in [0, 0.05) is 38.6 Å². The first kappa shape index (κ1) is 21.7. The second-order valence-corrected chi connectivity index (χ2v) is 8.98. The van der Waals surface area contributed by atoms with E-state index in [4.69, 9.17) is 4.74 Å². The van der Waals surface area contributed by atoms with E-state index < -0.39 is 6.10 Å². The fourth-order valence-electron chi connectivity index (χ4n) is 3.33. The van der Waals surface area contributed by atoms with E-state index in [-0.39, 0.29) is 23.8 Å². The maximum atomic E-state index is 12.0. The summed E-state index contributed by atoms with van der Waals surface area (Å²) in [6.45, 7) is 16.4. The van der Waals surface area contributed by atoms with Crippen molar-refractivity contribution in [3.05, 3.63) is 29.3 Å². The first-order valence-electron chi connectivity index (χ1n) is 10.0. The highest BCUT2D eigenvalue weighted by atomic mass is 16.5. The van der Waals surface area contributed by atoms with Gasteiger partial charge in [-0.1, -0.05) is 46.8 Å². The Hall–Kier alpha value is -1.59. The fourth-order valence-corrected chi connectivity index (χ4v) is 3.33. The molecule has 0 saturated carbocycles. The number of aliphatic hydroxyl groups is 1. The van der Waals surface area contributed by atoms with Gasteiger partial charge in [0.2, 0.25) is 5.91 Å².